The summed E-state index contributed by atoms with van der Waals surface area (Å²) in [5.74, 6) is -0.460. The largest absolute Gasteiger partial charge is 0.458 e. The fraction of sp³-hybridized carbons (Fsp3) is 0.423. The van der Waals surface area contributed by atoms with Crippen LogP contribution in [0.5, 0.6) is 0 Å². The Morgan fingerprint density at radius 3 is 2.79 bits per heavy atom. The molecule has 0 amide bonds. The van der Waals surface area contributed by atoms with Gasteiger partial charge in [-0.15, -0.1) is 0 Å². The molecule has 0 fully saturated rings. The summed E-state index contributed by atoms with van der Waals surface area (Å²) in [5.41, 5.74) is 5.36. The van der Waals surface area contributed by atoms with Crippen molar-refractivity contribution in [1.82, 2.24) is 9.55 Å². The first-order valence-corrected chi connectivity index (χ1v) is 11.5. The standard InChI is InChI=1S/C26H25FN2O4/c1-5-26(32-4)17-8-20-23-15(10-29(20)24(30)16(17)11-33-25(26)31)21-12(2)6-7-14-13(3)18(27)9-19(28-23)22(14)21/h8-9,12H,5-7,10-11H2,1-4H3/t12-,26-/m0/s1. The molecule has 33 heavy (non-hydrogen) atoms. The van der Waals surface area contributed by atoms with E-state index in [-0.39, 0.29) is 23.9 Å². The van der Waals surface area contributed by atoms with Crippen molar-refractivity contribution in [2.75, 3.05) is 7.11 Å². The van der Waals surface area contributed by atoms with Crippen LogP contribution in [0.2, 0.25) is 0 Å². The van der Waals surface area contributed by atoms with E-state index >= 15 is 0 Å². The normalized spacial score (nSPS) is 22.7. The third kappa shape index (κ3) is 2.43. The van der Waals surface area contributed by atoms with Gasteiger partial charge in [0.25, 0.3) is 5.56 Å². The van der Waals surface area contributed by atoms with Crippen LogP contribution in [0.3, 0.4) is 0 Å². The van der Waals surface area contributed by atoms with Gasteiger partial charge in [-0.25, -0.2) is 14.2 Å². The lowest BCUT2D eigenvalue weighted by molar-refractivity contribution is -0.176. The number of methoxy groups -OCH3 is 1. The summed E-state index contributed by atoms with van der Waals surface area (Å²) in [6.45, 7) is 6.20. The average molecular weight is 448 g/mol. The highest BCUT2D eigenvalue weighted by Crippen LogP contribution is 2.46. The SMILES string of the molecule is CC[C@@]1(OC)C(=O)OCc2c1cc1n(c2=O)Cc2c-1nc1cc(F)c(C)c3c1c2[C@@H](C)CC3. The predicted octanol–water partition coefficient (Wildman–Crippen LogP) is 4.23. The molecule has 0 spiro atoms. The number of esters is 1. The molecule has 170 valence electrons. The maximum absolute atomic E-state index is 14.8. The van der Waals surface area contributed by atoms with E-state index in [0.29, 0.717) is 46.6 Å². The average Bonchev–Trinajstić information content (AvgIpc) is 3.17. The van der Waals surface area contributed by atoms with E-state index in [1.165, 1.54) is 18.7 Å². The third-order valence-electron chi connectivity index (χ3n) is 7.98. The lowest BCUT2D eigenvalue weighted by Gasteiger charge is -2.35. The van der Waals surface area contributed by atoms with Crippen molar-refractivity contribution in [2.24, 2.45) is 0 Å². The first-order chi connectivity index (χ1) is 15.8. The van der Waals surface area contributed by atoms with Crippen LogP contribution < -0.4 is 5.56 Å². The molecule has 1 aromatic carbocycles. The second-order valence-corrected chi connectivity index (χ2v) is 9.42. The number of pyridine rings is 2. The summed E-state index contributed by atoms with van der Waals surface area (Å²) in [5, 5.41) is 1.04. The zero-order valence-electron chi connectivity index (χ0n) is 19.2. The zero-order chi connectivity index (χ0) is 23.2. The topological polar surface area (TPSA) is 70.4 Å². The Bertz CT molecular complexity index is 1450. The molecule has 2 aromatic heterocycles. The Hall–Kier alpha value is -3.06. The lowest BCUT2D eigenvalue weighted by Crippen LogP contribution is -2.45. The van der Waals surface area contributed by atoms with Crippen LogP contribution in [0.25, 0.3) is 22.3 Å². The molecule has 0 N–H and O–H groups in total. The smallest absolute Gasteiger partial charge is 0.343 e. The number of rotatable bonds is 2. The lowest BCUT2D eigenvalue weighted by atomic mass is 9.79. The van der Waals surface area contributed by atoms with Crippen LogP contribution in [-0.2, 0) is 39.4 Å². The molecule has 0 saturated heterocycles. The van der Waals surface area contributed by atoms with Crippen molar-refractivity contribution in [3.8, 4) is 11.4 Å². The van der Waals surface area contributed by atoms with Crippen molar-refractivity contribution in [1.29, 1.82) is 0 Å². The van der Waals surface area contributed by atoms with Gasteiger partial charge in [-0.1, -0.05) is 13.8 Å². The molecule has 3 aromatic rings. The number of hydrogen-bond donors (Lipinski definition) is 0. The van der Waals surface area contributed by atoms with E-state index in [9.17, 15) is 14.0 Å². The summed E-state index contributed by atoms with van der Waals surface area (Å²) >= 11 is 0. The summed E-state index contributed by atoms with van der Waals surface area (Å²) in [4.78, 5) is 31.2. The molecule has 3 aliphatic rings. The van der Waals surface area contributed by atoms with Gasteiger partial charge in [0.15, 0.2) is 5.60 Å². The Morgan fingerprint density at radius 1 is 1.27 bits per heavy atom. The number of hydrogen-bond acceptors (Lipinski definition) is 5. The second-order valence-electron chi connectivity index (χ2n) is 9.42. The predicted molar refractivity (Wildman–Crippen MR) is 121 cm³/mol. The molecule has 1 aliphatic carbocycles. The Labute approximate surface area is 190 Å². The number of aromatic nitrogens is 2. The molecule has 0 saturated carbocycles. The first-order valence-electron chi connectivity index (χ1n) is 11.5. The summed E-state index contributed by atoms with van der Waals surface area (Å²) in [7, 11) is 1.46. The molecule has 2 atom stereocenters. The minimum atomic E-state index is -1.32. The van der Waals surface area contributed by atoms with Gasteiger partial charge in [-0.2, -0.15) is 0 Å². The van der Waals surface area contributed by atoms with Crippen molar-refractivity contribution >= 4 is 16.9 Å². The molecule has 4 heterocycles. The zero-order valence-corrected chi connectivity index (χ0v) is 19.2. The molecule has 0 unspecified atom stereocenters. The highest BCUT2D eigenvalue weighted by atomic mass is 19.1. The van der Waals surface area contributed by atoms with Crippen LogP contribution in [0.15, 0.2) is 16.9 Å². The van der Waals surface area contributed by atoms with Gasteiger partial charge >= 0.3 is 5.97 Å². The summed E-state index contributed by atoms with van der Waals surface area (Å²) in [6, 6.07) is 3.37. The van der Waals surface area contributed by atoms with E-state index in [1.54, 1.807) is 4.57 Å². The molecule has 0 bridgehead atoms. The number of benzene rings is 1. The number of aryl methyl sites for hydroxylation is 1. The number of nitrogens with zero attached hydrogens (tertiary/aromatic N) is 2. The maximum Gasteiger partial charge on any atom is 0.343 e. The first kappa shape index (κ1) is 20.5. The van der Waals surface area contributed by atoms with Crippen molar-refractivity contribution in [2.45, 2.75) is 64.7 Å². The Balaban J connectivity index is 1.70. The number of carbonyl (C=O) groups is 1. The number of ether oxygens (including phenoxy) is 2. The maximum atomic E-state index is 14.8. The summed E-state index contributed by atoms with van der Waals surface area (Å²) < 4.78 is 27.5. The van der Waals surface area contributed by atoms with Gasteiger partial charge in [-0.05, 0) is 54.9 Å². The minimum absolute atomic E-state index is 0.0675. The quantitative estimate of drug-likeness (QED) is 0.429. The van der Waals surface area contributed by atoms with E-state index in [1.807, 2.05) is 19.9 Å². The fourth-order valence-electron chi connectivity index (χ4n) is 6.11. The highest BCUT2D eigenvalue weighted by molar-refractivity contribution is 5.93. The third-order valence-corrected chi connectivity index (χ3v) is 7.98. The fourth-order valence-corrected chi connectivity index (χ4v) is 6.11. The summed E-state index contributed by atoms with van der Waals surface area (Å²) in [6.07, 6.45) is 2.09. The van der Waals surface area contributed by atoms with Crippen LogP contribution in [0.1, 0.15) is 66.0 Å². The van der Waals surface area contributed by atoms with Crippen molar-refractivity contribution < 1.29 is 18.7 Å². The highest BCUT2D eigenvalue weighted by Gasteiger charge is 2.47. The van der Waals surface area contributed by atoms with Crippen LogP contribution >= 0.6 is 0 Å². The second kappa shape index (κ2) is 6.73. The van der Waals surface area contributed by atoms with E-state index < -0.39 is 11.6 Å². The van der Waals surface area contributed by atoms with Crippen LogP contribution in [0.4, 0.5) is 4.39 Å². The molecule has 6 rings (SSSR count). The number of carbonyl (C=O) groups excluding carboxylic acids is 1. The molecule has 2 aliphatic heterocycles. The van der Waals surface area contributed by atoms with E-state index in [2.05, 4.69) is 6.92 Å². The van der Waals surface area contributed by atoms with Gasteiger partial charge in [0.05, 0.1) is 29.0 Å². The Morgan fingerprint density at radius 2 is 2.06 bits per heavy atom. The van der Waals surface area contributed by atoms with Crippen LogP contribution in [-0.4, -0.2) is 22.6 Å². The van der Waals surface area contributed by atoms with Crippen molar-refractivity contribution in [3.63, 3.8) is 0 Å². The van der Waals surface area contributed by atoms with Gasteiger partial charge < -0.3 is 14.0 Å². The van der Waals surface area contributed by atoms with E-state index in [4.69, 9.17) is 14.5 Å². The molecule has 6 nitrogen and oxygen atoms in total. The minimum Gasteiger partial charge on any atom is -0.458 e. The van der Waals surface area contributed by atoms with Gasteiger partial charge in [0.2, 0.25) is 0 Å². The van der Waals surface area contributed by atoms with Gasteiger partial charge in [-0.3, -0.25) is 4.79 Å². The van der Waals surface area contributed by atoms with Gasteiger partial charge in [0, 0.05) is 29.7 Å². The molecule has 7 heteroatoms. The van der Waals surface area contributed by atoms with Gasteiger partial charge in [0.1, 0.15) is 12.4 Å². The number of cyclic esters (lactones) is 1. The molecule has 0 radical (unpaired) electrons. The number of fused-ring (bicyclic) bond motifs is 5. The number of halogens is 1. The van der Waals surface area contributed by atoms with Crippen LogP contribution in [0, 0.1) is 12.7 Å². The Kier molecular flexibility index (Phi) is 4.19. The molecular formula is C26H25FN2O4. The van der Waals surface area contributed by atoms with Crippen molar-refractivity contribution in [3.05, 3.63) is 61.7 Å². The monoisotopic (exact) mass is 448 g/mol. The molecular weight excluding hydrogens is 423 g/mol. The van der Waals surface area contributed by atoms with E-state index in [0.717, 1.165) is 29.4 Å².